The van der Waals surface area contributed by atoms with Gasteiger partial charge < -0.3 is 5.73 Å². The molecule has 0 aromatic heterocycles. The average molecular weight is 242 g/mol. The summed E-state index contributed by atoms with van der Waals surface area (Å²) in [6.45, 7) is 9.68. The van der Waals surface area contributed by atoms with E-state index in [0.717, 1.165) is 13.0 Å². The zero-order valence-electron chi connectivity index (χ0n) is 10.8. The second-order valence-corrected chi connectivity index (χ2v) is 5.49. The van der Waals surface area contributed by atoms with Crippen LogP contribution in [0.4, 0.5) is 0 Å². The van der Waals surface area contributed by atoms with Crippen molar-refractivity contribution in [2.24, 2.45) is 11.7 Å². The number of halogens is 1. The van der Waals surface area contributed by atoms with Crippen LogP contribution in [0.1, 0.15) is 38.8 Å². The highest BCUT2D eigenvalue weighted by Crippen LogP contribution is 2.22. The minimum Gasteiger partial charge on any atom is -0.330 e. The largest absolute Gasteiger partial charge is 0.330 e. The van der Waals surface area contributed by atoms with Gasteiger partial charge in [-0.25, -0.2) is 0 Å². The third-order valence-corrected chi connectivity index (χ3v) is 2.81. The first-order valence-corrected chi connectivity index (χ1v) is 5.73. The number of hydrogen-bond acceptors (Lipinski definition) is 1. The molecular formula is C14H24ClN. The molecule has 1 rings (SSSR count). The predicted octanol–water partition coefficient (Wildman–Crippen LogP) is 3.54. The van der Waals surface area contributed by atoms with Crippen molar-refractivity contribution < 1.29 is 0 Å². The Labute approximate surface area is 106 Å². The molecule has 92 valence electrons. The first-order valence-electron chi connectivity index (χ1n) is 5.73. The molecule has 0 aliphatic rings. The fourth-order valence-electron chi connectivity index (χ4n) is 1.63. The van der Waals surface area contributed by atoms with Crippen molar-refractivity contribution in [3.8, 4) is 0 Å². The summed E-state index contributed by atoms with van der Waals surface area (Å²) in [5, 5.41) is 0. The van der Waals surface area contributed by atoms with Crippen molar-refractivity contribution in [2.75, 3.05) is 6.54 Å². The van der Waals surface area contributed by atoms with Crippen LogP contribution in [0.2, 0.25) is 0 Å². The van der Waals surface area contributed by atoms with Crippen LogP contribution in [-0.2, 0) is 11.8 Å². The molecule has 2 heteroatoms. The van der Waals surface area contributed by atoms with E-state index in [4.69, 9.17) is 5.73 Å². The van der Waals surface area contributed by atoms with Crippen LogP contribution in [0.15, 0.2) is 24.3 Å². The Bertz CT molecular complexity index is 298. The summed E-state index contributed by atoms with van der Waals surface area (Å²) in [4.78, 5) is 0. The maximum absolute atomic E-state index is 5.62. The van der Waals surface area contributed by atoms with Crippen molar-refractivity contribution in [2.45, 2.75) is 39.5 Å². The van der Waals surface area contributed by atoms with Crippen molar-refractivity contribution in [1.29, 1.82) is 0 Å². The monoisotopic (exact) mass is 241 g/mol. The zero-order valence-corrected chi connectivity index (χ0v) is 11.6. The molecule has 16 heavy (non-hydrogen) atoms. The van der Waals surface area contributed by atoms with Gasteiger partial charge in [0, 0.05) is 0 Å². The molecule has 0 heterocycles. The van der Waals surface area contributed by atoms with Gasteiger partial charge in [-0.1, -0.05) is 52.0 Å². The molecule has 0 aliphatic heterocycles. The molecule has 0 aliphatic carbocycles. The number of hydrogen-bond donors (Lipinski definition) is 1. The molecule has 0 radical (unpaired) electrons. The van der Waals surface area contributed by atoms with Crippen LogP contribution >= 0.6 is 12.4 Å². The van der Waals surface area contributed by atoms with Gasteiger partial charge in [0.05, 0.1) is 0 Å². The molecule has 1 atom stereocenters. The van der Waals surface area contributed by atoms with E-state index < -0.39 is 0 Å². The van der Waals surface area contributed by atoms with Crippen molar-refractivity contribution >= 4 is 12.4 Å². The van der Waals surface area contributed by atoms with Gasteiger partial charge in [0.25, 0.3) is 0 Å². The van der Waals surface area contributed by atoms with Gasteiger partial charge >= 0.3 is 0 Å². The number of rotatable bonds is 3. The van der Waals surface area contributed by atoms with Gasteiger partial charge in [-0.2, -0.15) is 0 Å². The summed E-state index contributed by atoms with van der Waals surface area (Å²) >= 11 is 0. The maximum atomic E-state index is 5.62. The molecule has 0 amide bonds. The van der Waals surface area contributed by atoms with E-state index in [2.05, 4.69) is 52.0 Å². The Morgan fingerprint density at radius 3 is 2.00 bits per heavy atom. The van der Waals surface area contributed by atoms with Crippen molar-refractivity contribution in [3.63, 3.8) is 0 Å². The normalized spacial score (nSPS) is 13.1. The van der Waals surface area contributed by atoms with Gasteiger partial charge in [0.2, 0.25) is 0 Å². The standard InChI is InChI=1S/C14H23N.ClH/c1-11(10-15)9-12-5-7-13(8-6-12)14(2,3)4;/h5-8,11H,9-10,15H2,1-4H3;1H. The third-order valence-electron chi connectivity index (χ3n) is 2.81. The molecular weight excluding hydrogens is 218 g/mol. The van der Waals surface area contributed by atoms with Crippen LogP contribution in [0.5, 0.6) is 0 Å². The van der Waals surface area contributed by atoms with Gasteiger partial charge in [-0.3, -0.25) is 0 Å². The zero-order chi connectivity index (χ0) is 11.5. The molecule has 1 unspecified atom stereocenters. The molecule has 0 saturated heterocycles. The lowest BCUT2D eigenvalue weighted by atomic mass is 9.86. The Kier molecular flexibility index (Phi) is 6.06. The highest BCUT2D eigenvalue weighted by Gasteiger charge is 2.12. The van der Waals surface area contributed by atoms with Crippen LogP contribution in [0, 0.1) is 5.92 Å². The SMILES string of the molecule is CC(CN)Cc1ccc(C(C)(C)C)cc1.Cl. The van der Waals surface area contributed by atoms with Gasteiger partial charge in [-0.05, 0) is 35.4 Å². The lowest BCUT2D eigenvalue weighted by Gasteiger charge is -2.19. The van der Waals surface area contributed by atoms with Crippen LogP contribution in [-0.4, -0.2) is 6.54 Å². The summed E-state index contributed by atoms with van der Waals surface area (Å²) in [5.74, 6) is 0.575. The molecule has 0 fully saturated rings. The summed E-state index contributed by atoms with van der Waals surface area (Å²) in [6.07, 6.45) is 1.08. The highest BCUT2D eigenvalue weighted by atomic mass is 35.5. The van der Waals surface area contributed by atoms with Gasteiger partial charge in [0.1, 0.15) is 0 Å². The van der Waals surface area contributed by atoms with E-state index >= 15 is 0 Å². The Morgan fingerprint density at radius 2 is 1.62 bits per heavy atom. The second-order valence-electron chi connectivity index (χ2n) is 5.49. The van der Waals surface area contributed by atoms with Crippen LogP contribution in [0.25, 0.3) is 0 Å². The summed E-state index contributed by atoms with van der Waals surface area (Å²) in [7, 11) is 0. The number of benzene rings is 1. The minimum atomic E-state index is 0. The Balaban J connectivity index is 0.00000225. The van der Waals surface area contributed by atoms with E-state index in [1.54, 1.807) is 0 Å². The highest BCUT2D eigenvalue weighted by molar-refractivity contribution is 5.85. The maximum Gasteiger partial charge on any atom is -0.00483 e. The lowest BCUT2D eigenvalue weighted by molar-refractivity contribution is 0.583. The van der Waals surface area contributed by atoms with Crippen molar-refractivity contribution in [3.05, 3.63) is 35.4 Å². The average Bonchev–Trinajstić information content (AvgIpc) is 2.17. The molecule has 0 saturated carbocycles. The fourth-order valence-corrected chi connectivity index (χ4v) is 1.63. The summed E-state index contributed by atoms with van der Waals surface area (Å²) < 4.78 is 0. The lowest BCUT2D eigenvalue weighted by Crippen LogP contribution is -2.14. The van der Waals surface area contributed by atoms with E-state index in [0.29, 0.717) is 5.92 Å². The molecule has 2 N–H and O–H groups in total. The Morgan fingerprint density at radius 1 is 1.12 bits per heavy atom. The number of nitrogens with two attached hydrogens (primary N) is 1. The Hall–Kier alpha value is -0.530. The molecule has 1 aromatic carbocycles. The van der Waals surface area contributed by atoms with Gasteiger partial charge in [-0.15, -0.1) is 12.4 Å². The van der Waals surface area contributed by atoms with E-state index in [9.17, 15) is 0 Å². The first kappa shape index (κ1) is 15.5. The van der Waals surface area contributed by atoms with Crippen LogP contribution < -0.4 is 5.73 Å². The minimum absolute atomic E-state index is 0. The van der Waals surface area contributed by atoms with E-state index in [1.165, 1.54) is 11.1 Å². The van der Waals surface area contributed by atoms with E-state index in [-0.39, 0.29) is 17.8 Å². The quantitative estimate of drug-likeness (QED) is 0.861. The third kappa shape index (κ3) is 4.54. The predicted molar refractivity (Wildman–Crippen MR) is 74.3 cm³/mol. The smallest absolute Gasteiger partial charge is 0.00483 e. The fraction of sp³-hybridized carbons (Fsp3) is 0.571. The topological polar surface area (TPSA) is 26.0 Å². The van der Waals surface area contributed by atoms with Crippen molar-refractivity contribution in [1.82, 2.24) is 0 Å². The summed E-state index contributed by atoms with van der Waals surface area (Å²) in [5.41, 5.74) is 8.65. The second kappa shape index (κ2) is 6.27. The van der Waals surface area contributed by atoms with E-state index in [1.807, 2.05) is 0 Å². The molecule has 1 aromatic rings. The molecule has 0 bridgehead atoms. The van der Waals surface area contributed by atoms with Gasteiger partial charge in [0.15, 0.2) is 0 Å². The molecule has 0 spiro atoms. The summed E-state index contributed by atoms with van der Waals surface area (Å²) in [6, 6.07) is 8.93. The molecule has 1 nitrogen and oxygen atoms in total. The van der Waals surface area contributed by atoms with Crippen LogP contribution in [0.3, 0.4) is 0 Å². The first-order chi connectivity index (χ1) is 6.93.